The minimum absolute atomic E-state index is 0.242. The molecule has 0 aromatic carbocycles. The number of anilines is 1. The number of nitrogens with one attached hydrogen (secondary N) is 1. The van der Waals surface area contributed by atoms with Crippen LogP contribution < -0.4 is 10.5 Å². The number of hydrogen-bond donors (Lipinski definition) is 1. The molecule has 0 bridgehead atoms. The summed E-state index contributed by atoms with van der Waals surface area (Å²) in [6.07, 6.45) is 3.00. The van der Waals surface area contributed by atoms with Crippen LogP contribution in [0.3, 0.4) is 0 Å². The quantitative estimate of drug-likeness (QED) is 0.728. The van der Waals surface area contributed by atoms with Gasteiger partial charge in [0, 0.05) is 30.9 Å². The van der Waals surface area contributed by atoms with Crippen LogP contribution in [-0.2, 0) is 0 Å². The molecule has 1 fully saturated rings. The zero-order valence-electron chi connectivity index (χ0n) is 16.1. The van der Waals surface area contributed by atoms with E-state index in [4.69, 9.17) is 16.6 Å². The molecular formula is C19H22ClN7O. The molecule has 1 aliphatic heterocycles. The maximum atomic E-state index is 12.4. The second-order valence-electron chi connectivity index (χ2n) is 7.58. The maximum Gasteiger partial charge on any atom is 0.273 e. The van der Waals surface area contributed by atoms with Gasteiger partial charge in [-0.3, -0.25) is 9.89 Å². The van der Waals surface area contributed by atoms with E-state index in [9.17, 15) is 4.79 Å². The van der Waals surface area contributed by atoms with Crippen molar-refractivity contribution in [2.45, 2.75) is 27.2 Å². The first-order valence-corrected chi connectivity index (χ1v) is 9.69. The molecule has 3 aromatic rings. The van der Waals surface area contributed by atoms with Gasteiger partial charge in [-0.05, 0) is 37.3 Å². The smallest absolute Gasteiger partial charge is 0.273 e. The summed E-state index contributed by atoms with van der Waals surface area (Å²) in [5.41, 5.74) is 1.98. The molecule has 8 nitrogen and oxygen atoms in total. The van der Waals surface area contributed by atoms with Gasteiger partial charge in [-0.25, -0.2) is 9.97 Å². The van der Waals surface area contributed by atoms with Crippen molar-refractivity contribution in [3.63, 3.8) is 0 Å². The molecule has 3 aromatic heterocycles. The molecule has 2 atom stereocenters. The number of rotatable bonds is 3. The minimum Gasteiger partial charge on any atom is -0.340 e. The molecule has 1 saturated heterocycles. The van der Waals surface area contributed by atoms with Gasteiger partial charge in [0.2, 0.25) is 5.95 Å². The van der Waals surface area contributed by atoms with Crippen molar-refractivity contribution in [3.8, 4) is 17.1 Å². The van der Waals surface area contributed by atoms with E-state index < -0.39 is 0 Å². The second kappa shape index (κ2) is 7.35. The number of aromatic nitrogens is 6. The first kappa shape index (κ1) is 18.6. The van der Waals surface area contributed by atoms with Crippen LogP contribution in [0.15, 0.2) is 29.2 Å². The molecule has 4 heterocycles. The van der Waals surface area contributed by atoms with Crippen LogP contribution in [0.4, 0.5) is 5.95 Å². The molecule has 0 aliphatic carbocycles. The topological polar surface area (TPSA) is 92.6 Å². The van der Waals surface area contributed by atoms with Crippen molar-refractivity contribution in [1.29, 1.82) is 0 Å². The summed E-state index contributed by atoms with van der Waals surface area (Å²) in [5.74, 6) is 2.36. The number of piperidine rings is 1. The van der Waals surface area contributed by atoms with Gasteiger partial charge >= 0.3 is 0 Å². The Morgan fingerprint density at radius 1 is 1.18 bits per heavy atom. The van der Waals surface area contributed by atoms with Crippen molar-refractivity contribution < 1.29 is 0 Å². The van der Waals surface area contributed by atoms with Crippen LogP contribution in [0, 0.1) is 18.8 Å². The van der Waals surface area contributed by atoms with Crippen LogP contribution in [-0.4, -0.2) is 43.0 Å². The Bertz CT molecular complexity index is 1030. The third-order valence-electron chi connectivity index (χ3n) is 4.98. The predicted molar refractivity (Wildman–Crippen MR) is 108 cm³/mol. The van der Waals surface area contributed by atoms with Crippen molar-refractivity contribution in [3.05, 3.63) is 45.6 Å². The normalized spacial score (nSPS) is 19.8. The molecule has 0 spiro atoms. The largest absolute Gasteiger partial charge is 0.340 e. The van der Waals surface area contributed by atoms with Gasteiger partial charge in [-0.1, -0.05) is 25.4 Å². The first-order chi connectivity index (χ1) is 13.4. The summed E-state index contributed by atoms with van der Waals surface area (Å²) in [4.78, 5) is 23.9. The zero-order chi connectivity index (χ0) is 19.8. The van der Waals surface area contributed by atoms with Crippen molar-refractivity contribution in [2.75, 3.05) is 18.0 Å². The van der Waals surface area contributed by atoms with Crippen LogP contribution >= 0.6 is 11.6 Å². The van der Waals surface area contributed by atoms with Gasteiger partial charge in [-0.2, -0.15) is 4.68 Å². The molecule has 28 heavy (non-hydrogen) atoms. The lowest BCUT2D eigenvalue weighted by Gasteiger charge is -2.35. The highest BCUT2D eigenvalue weighted by molar-refractivity contribution is 6.29. The summed E-state index contributed by atoms with van der Waals surface area (Å²) in [7, 11) is 0. The fourth-order valence-electron chi connectivity index (χ4n) is 3.83. The summed E-state index contributed by atoms with van der Waals surface area (Å²) in [6, 6.07) is 4.72. The molecule has 0 amide bonds. The van der Waals surface area contributed by atoms with Crippen LogP contribution in [0.5, 0.6) is 0 Å². The molecule has 4 rings (SSSR count). The Hall–Kier alpha value is -2.74. The van der Waals surface area contributed by atoms with E-state index in [1.54, 1.807) is 18.3 Å². The maximum absolute atomic E-state index is 12.4. The van der Waals surface area contributed by atoms with E-state index in [0.717, 1.165) is 30.3 Å². The van der Waals surface area contributed by atoms with Gasteiger partial charge in [-0.15, -0.1) is 10.2 Å². The highest BCUT2D eigenvalue weighted by Gasteiger charge is 2.24. The summed E-state index contributed by atoms with van der Waals surface area (Å²) in [5, 5.41) is 11.0. The first-order valence-electron chi connectivity index (χ1n) is 9.31. The zero-order valence-corrected chi connectivity index (χ0v) is 16.8. The Morgan fingerprint density at radius 3 is 2.57 bits per heavy atom. The number of aryl methyl sites for hydroxylation is 1. The predicted octanol–water partition coefficient (Wildman–Crippen LogP) is 2.86. The number of H-pyrrole nitrogens is 1. The van der Waals surface area contributed by atoms with Gasteiger partial charge in [0.15, 0.2) is 11.0 Å². The van der Waals surface area contributed by atoms with Gasteiger partial charge in [0.1, 0.15) is 0 Å². The van der Waals surface area contributed by atoms with Crippen molar-refractivity contribution in [1.82, 2.24) is 29.9 Å². The van der Waals surface area contributed by atoms with Gasteiger partial charge in [0.25, 0.3) is 5.56 Å². The SMILES string of the molecule is Cc1nc(N2CC(C)CC(C)C2)ncc1-c1cc(=O)n(-c2ccc(Cl)nn2)[nH]1. The van der Waals surface area contributed by atoms with E-state index in [1.807, 2.05) is 6.92 Å². The van der Waals surface area contributed by atoms with E-state index in [2.05, 4.69) is 39.0 Å². The molecule has 1 aliphatic rings. The lowest BCUT2D eigenvalue weighted by atomic mass is 9.92. The van der Waals surface area contributed by atoms with E-state index in [0.29, 0.717) is 23.3 Å². The Balaban J connectivity index is 1.64. The number of halogens is 1. The number of nitrogens with zero attached hydrogens (tertiary/aromatic N) is 6. The molecule has 0 saturated carbocycles. The van der Waals surface area contributed by atoms with Gasteiger partial charge in [0.05, 0.1) is 11.4 Å². The molecule has 2 unspecified atom stereocenters. The number of aromatic amines is 1. The second-order valence-corrected chi connectivity index (χ2v) is 7.97. The van der Waals surface area contributed by atoms with Crippen molar-refractivity contribution in [2.24, 2.45) is 11.8 Å². The van der Waals surface area contributed by atoms with Crippen LogP contribution in [0.25, 0.3) is 17.1 Å². The summed E-state index contributed by atoms with van der Waals surface area (Å²) in [6.45, 7) is 8.38. The molecule has 9 heteroatoms. The fourth-order valence-corrected chi connectivity index (χ4v) is 3.93. The molecule has 0 radical (unpaired) electrons. The standard InChI is InChI=1S/C19H22ClN7O/c1-11-6-12(2)10-26(9-11)19-21-8-14(13(3)22-19)15-7-18(28)27(25-15)17-5-4-16(20)23-24-17/h4-5,7-8,11-12,25H,6,9-10H2,1-3H3. The highest BCUT2D eigenvalue weighted by atomic mass is 35.5. The molecule has 1 N–H and O–H groups in total. The molecule has 146 valence electrons. The average molecular weight is 400 g/mol. The third kappa shape index (κ3) is 3.64. The van der Waals surface area contributed by atoms with Crippen LogP contribution in [0.2, 0.25) is 5.15 Å². The molecular weight excluding hydrogens is 378 g/mol. The monoisotopic (exact) mass is 399 g/mol. The Kier molecular flexibility index (Phi) is 4.89. The summed E-state index contributed by atoms with van der Waals surface area (Å²) >= 11 is 5.77. The Labute approximate surface area is 167 Å². The highest BCUT2D eigenvalue weighted by Crippen LogP contribution is 2.26. The van der Waals surface area contributed by atoms with Crippen molar-refractivity contribution >= 4 is 17.5 Å². The average Bonchev–Trinajstić information content (AvgIpc) is 3.03. The summed E-state index contributed by atoms with van der Waals surface area (Å²) < 4.78 is 1.32. The third-order valence-corrected chi connectivity index (χ3v) is 5.18. The van der Waals surface area contributed by atoms with Gasteiger partial charge < -0.3 is 4.90 Å². The van der Waals surface area contributed by atoms with E-state index in [1.165, 1.54) is 17.2 Å². The van der Waals surface area contributed by atoms with Crippen LogP contribution in [0.1, 0.15) is 26.0 Å². The fraction of sp³-hybridized carbons (Fsp3) is 0.421. The number of hydrogen-bond acceptors (Lipinski definition) is 6. The lowest BCUT2D eigenvalue weighted by Crippen LogP contribution is -2.39. The Morgan fingerprint density at radius 2 is 1.93 bits per heavy atom. The minimum atomic E-state index is -0.242. The lowest BCUT2D eigenvalue weighted by molar-refractivity contribution is 0.353. The van der Waals surface area contributed by atoms with E-state index >= 15 is 0 Å². The van der Waals surface area contributed by atoms with E-state index in [-0.39, 0.29) is 10.7 Å².